The van der Waals surface area contributed by atoms with Crippen molar-refractivity contribution in [3.05, 3.63) is 71.3 Å². The van der Waals surface area contributed by atoms with Gasteiger partial charge in [0.15, 0.2) is 5.11 Å². The van der Waals surface area contributed by atoms with E-state index in [0.717, 1.165) is 11.4 Å². The molecule has 2 aromatic heterocycles. The smallest absolute Gasteiger partial charge is 0.250 e. The number of methoxy groups -OCH3 is 2. The summed E-state index contributed by atoms with van der Waals surface area (Å²) < 4.78 is 12.9. The molecule has 2 fully saturated rings. The number of hydrogen-bond acceptors (Lipinski definition) is 5. The highest BCUT2D eigenvalue weighted by atomic mass is 32.1. The van der Waals surface area contributed by atoms with Crippen LogP contribution in [0.5, 0.6) is 5.75 Å². The summed E-state index contributed by atoms with van der Waals surface area (Å²) in [5.74, 6) is 0.303. The van der Waals surface area contributed by atoms with Crippen LogP contribution in [0.4, 0.5) is 11.4 Å². The Kier molecular flexibility index (Phi) is 6.68. The van der Waals surface area contributed by atoms with Crippen LogP contribution in [-0.2, 0) is 9.53 Å². The van der Waals surface area contributed by atoms with E-state index in [0.29, 0.717) is 22.6 Å². The lowest BCUT2D eigenvalue weighted by Crippen LogP contribution is -2.29. The summed E-state index contributed by atoms with van der Waals surface area (Å²) >= 11 is 5.90. The molecule has 8 nitrogen and oxygen atoms in total. The van der Waals surface area contributed by atoms with Crippen molar-refractivity contribution in [1.82, 2.24) is 14.9 Å². The Balaban J connectivity index is 1.61. The van der Waals surface area contributed by atoms with Crippen LogP contribution in [0, 0.1) is 13.8 Å². The van der Waals surface area contributed by atoms with Gasteiger partial charge in [-0.15, -0.1) is 0 Å². The molecule has 0 radical (unpaired) electrons. The van der Waals surface area contributed by atoms with E-state index >= 15 is 0 Å². The van der Waals surface area contributed by atoms with Crippen LogP contribution in [0.2, 0.25) is 0 Å². The maximum absolute atomic E-state index is 12.3. The van der Waals surface area contributed by atoms with E-state index < -0.39 is 0 Å². The van der Waals surface area contributed by atoms with Crippen LogP contribution in [0.3, 0.4) is 0 Å². The molecule has 1 amide bonds. The second kappa shape index (κ2) is 9.91. The van der Waals surface area contributed by atoms with Crippen LogP contribution in [0.1, 0.15) is 53.6 Å². The van der Waals surface area contributed by atoms with E-state index in [-0.39, 0.29) is 24.6 Å². The molecule has 1 saturated carbocycles. The normalized spacial score (nSPS) is 19.3. The number of pyridine rings is 1. The lowest BCUT2D eigenvalue weighted by atomic mass is 9.96. The fraction of sp³-hybridized carbons (Fsp3) is 0.370. The number of benzene rings is 1. The standard InChI is InChI=1S/C27H31N5O3S/c1-16-13-20(17(2)31(16)18-8-9-18)26-25(21-7-5-6-12-28-21)30-27(36)32(26)19-10-11-23(35-4)22(14-19)29-24(33)15-34-3/h5-7,10-14,18,25-26H,8-9,15H2,1-4H3,(H,29,33)(H,30,36)/t25-,26+/m1/s1. The average molecular weight is 506 g/mol. The number of anilines is 2. The first-order valence-corrected chi connectivity index (χ1v) is 12.5. The molecule has 0 unspecified atom stereocenters. The zero-order chi connectivity index (χ0) is 25.4. The number of amides is 1. The summed E-state index contributed by atoms with van der Waals surface area (Å²) in [7, 11) is 3.07. The number of hydrogen-bond donors (Lipinski definition) is 2. The van der Waals surface area contributed by atoms with Crippen molar-refractivity contribution in [2.45, 2.75) is 44.8 Å². The molecule has 3 aromatic rings. The number of nitrogens with zero attached hydrogens (tertiary/aromatic N) is 3. The highest BCUT2D eigenvalue weighted by Crippen LogP contribution is 2.46. The minimum Gasteiger partial charge on any atom is -0.495 e. The first-order chi connectivity index (χ1) is 17.4. The van der Waals surface area contributed by atoms with Crippen molar-refractivity contribution in [3.8, 4) is 5.75 Å². The van der Waals surface area contributed by atoms with Gasteiger partial charge in [-0.3, -0.25) is 9.78 Å². The highest BCUT2D eigenvalue weighted by Gasteiger charge is 2.43. The largest absolute Gasteiger partial charge is 0.495 e. The SMILES string of the molecule is COCC(=O)Nc1cc(N2C(=S)N[C@H](c3ccccn3)[C@@H]2c2cc(C)n(C3CC3)c2C)ccc1OC. The molecule has 1 aliphatic carbocycles. The molecule has 1 aromatic carbocycles. The number of aromatic nitrogens is 2. The minimum absolute atomic E-state index is 0.0470. The Bertz CT molecular complexity index is 1290. The van der Waals surface area contributed by atoms with Crippen LogP contribution < -0.4 is 20.3 Å². The second-order valence-corrected chi connectivity index (χ2v) is 9.68. The Morgan fingerprint density at radius 2 is 2.00 bits per heavy atom. The molecular formula is C27H31N5O3S. The van der Waals surface area contributed by atoms with E-state index in [1.54, 1.807) is 7.11 Å². The molecule has 0 spiro atoms. The predicted molar refractivity (Wildman–Crippen MR) is 144 cm³/mol. The van der Waals surface area contributed by atoms with Gasteiger partial charge in [0.1, 0.15) is 12.4 Å². The number of carbonyl (C=O) groups is 1. The maximum Gasteiger partial charge on any atom is 0.250 e. The van der Waals surface area contributed by atoms with Crippen molar-refractivity contribution in [3.63, 3.8) is 0 Å². The average Bonchev–Trinajstić information content (AvgIpc) is 3.58. The van der Waals surface area contributed by atoms with Crippen LogP contribution in [-0.4, -0.2) is 41.4 Å². The van der Waals surface area contributed by atoms with Crippen molar-refractivity contribution in [2.75, 3.05) is 31.0 Å². The fourth-order valence-corrected chi connectivity index (χ4v) is 5.55. The van der Waals surface area contributed by atoms with E-state index in [9.17, 15) is 4.79 Å². The van der Waals surface area contributed by atoms with Gasteiger partial charge in [0.25, 0.3) is 0 Å². The summed E-state index contributed by atoms with van der Waals surface area (Å²) in [6.07, 6.45) is 4.24. The molecule has 9 heteroatoms. The zero-order valence-corrected chi connectivity index (χ0v) is 21.8. The summed E-state index contributed by atoms with van der Waals surface area (Å²) in [4.78, 5) is 19.1. The van der Waals surface area contributed by atoms with Gasteiger partial charge in [-0.05, 0) is 80.9 Å². The first kappa shape index (κ1) is 24.3. The summed E-state index contributed by atoms with van der Waals surface area (Å²) in [6, 6.07) is 14.2. The molecule has 2 atom stereocenters. The molecule has 5 rings (SSSR count). The lowest BCUT2D eigenvalue weighted by Gasteiger charge is -2.29. The van der Waals surface area contributed by atoms with Crippen molar-refractivity contribution >= 4 is 34.6 Å². The number of carbonyl (C=O) groups excluding carboxylic acids is 1. The molecule has 1 saturated heterocycles. The third-order valence-electron chi connectivity index (χ3n) is 6.86. The minimum atomic E-state index is -0.258. The van der Waals surface area contributed by atoms with Crippen molar-refractivity contribution < 1.29 is 14.3 Å². The molecule has 0 bridgehead atoms. The topological polar surface area (TPSA) is 80.7 Å². The van der Waals surface area contributed by atoms with E-state index in [1.165, 1.54) is 36.9 Å². The Morgan fingerprint density at radius 3 is 2.67 bits per heavy atom. The number of nitrogens with one attached hydrogen (secondary N) is 2. The third kappa shape index (κ3) is 4.44. The Hall–Kier alpha value is -3.43. The van der Waals surface area contributed by atoms with Crippen LogP contribution >= 0.6 is 12.2 Å². The van der Waals surface area contributed by atoms with Crippen molar-refractivity contribution in [2.24, 2.45) is 0 Å². The second-order valence-electron chi connectivity index (χ2n) is 9.29. The van der Waals surface area contributed by atoms with E-state index in [1.807, 2.05) is 42.6 Å². The first-order valence-electron chi connectivity index (χ1n) is 12.1. The van der Waals surface area contributed by atoms with Gasteiger partial charge in [-0.25, -0.2) is 0 Å². The van der Waals surface area contributed by atoms with Crippen LogP contribution in [0.25, 0.3) is 0 Å². The molecule has 2 aliphatic rings. The van der Waals surface area contributed by atoms with E-state index in [2.05, 4.69) is 45.0 Å². The number of thiocarbonyl (C=S) groups is 1. The number of rotatable bonds is 8. The quantitative estimate of drug-likeness (QED) is 0.433. The van der Waals surface area contributed by atoms with Gasteiger partial charge >= 0.3 is 0 Å². The van der Waals surface area contributed by atoms with Gasteiger partial charge in [0.05, 0.1) is 30.6 Å². The molecule has 36 heavy (non-hydrogen) atoms. The van der Waals surface area contributed by atoms with Gasteiger partial charge in [-0.2, -0.15) is 0 Å². The Morgan fingerprint density at radius 1 is 1.19 bits per heavy atom. The summed E-state index contributed by atoms with van der Waals surface area (Å²) in [6.45, 7) is 4.32. The molecule has 2 N–H and O–H groups in total. The molecular weight excluding hydrogens is 474 g/mol. The summed E-state index contributed by atoms with van der Waals surface area (Å²) in [5.41, 5.74) is 6.04. The van der Waals surface area contributed by atoms with Gasteiger partial charge in [-0.1, -0.05) is 6.07 Å². The fourth-order valence-electron chi connectivity index (χ4n) is 5.21. The number of aryl methyl sites for hydroxylation is 1. The zero-order valence-electron chi connectivity index (χ0n) is 20.9. The molecule has 188 valence electrons. The predicted octanol–water partition coefficient (Wildman–Crippen LogP) is 4.61. The molecule has 3 heterocycles. The maximum atomic E-state index is 12.3. The van der Waals surface area contributed by atoms with Gasteiger partial charge in [0.2, 0.25) is 5.91 Å². The van der Waals surface area contributed by atoms with Gasteiger partial charge in [0, 0.05) is 36.4 Å². The molecule has 1 aliphatic heterocycles. The van der Waals surface area contributed by atoms with E-state index in [4.69, 9.17) is 21.7 Å². The van der Waals surface area contributed by atoms with Gasteiger partial charge < -0.3 is 29.6 Å². The third-order valence-corrected chi connectivity index (χ3v) is 7.18. The summed E-state index contributed by atoms with van der Waals surface area (Å²) in [5, 5.41) is 7.02. The lowest BCUT2D eigenvalue weighted by molar-refractivity contribution is -0.119. The monoisotopic (exact) mass is 505 g/mol. The highest BCUT2D eigenvalue weighted by molar-refractivity contribution is 7.80. The Labute approximate surface area is 216 Å². The van der Waals surface area contributed by atoms with Crippen molar-refractivity contribution in [1.29, 1.82) is 0 Å². The number of ether oxygens (including phenoxy) is 2. The van der Waals surface area contributed by atoms with Crippen LogP contribution in [0.15, 0.2) is 48.7 Å².